The molecule has 6 nitrogen and oxygen atoms in total. The largest absolute Gasteiger partial charge is 0.486 e. The number of ether oxygens (including phenoxy) is 2. The monoisotopic (exact) mass is 370 g/mol. The zero-order valence-electron chi connectivity index (χ0n) is 16.4. The van der Waals surface area contributed by atoms with Gasteiger partial charge in [0.05, 0.1) is 18.9 Å². The zero-order valence-corrected chi connectivity index (χ0v) is 16.4. The Morgan fingerprint density at radius 1 is 1.07 bits per heavy atom. The molecular formula is C21H26N2O4. The lowest BCUT2D eigenvalue weighted by Gasteiger charge is -2.31. The molecule has 0 aliphatic heterocycles. The molecule has 2 rings (SSSR count). The number of esters is 1. The summed E-state index contributed by atoms with van der Waals surface area (Å²) in [6.45, 7) is 8.09. The van der Waals surface area contributed by atoms with Gasteiger partial charge in [-0.05, 0) is 39.3 Å². The number of carbonyl (C=O) groups excluding carboxylic acids is 2. The Labute approximate surface area is 160 Å². The van der Waals surface area contributed by atoms with Gasteiger partial charge in [-0.3, -0.25) is 4.79 Å². The summed E-state index contributed by atoms with van der Waals surface area (Å²) in [5.41, 5.74) is 1.33. The predicted octanol–water partition coefficient (Wildman–Crippen LogP) is 3.71. The van der Waals surface area contributed by atoms with Gasteiger partial charge in [0, 0.05) is 12.1 Å². The first-order chi connectivity index (χ1) is 12.8. The number of amides is 1. The summed E-state index contributed by atoms with van der Waals surface area (Å²) in [6.07, 6.45) is 1.40. The minimum atomic E-state index is -0.598. The molecule has 0 aliphatic carbocycles. The van der Waals surface area contributed by atoms with Crippen LogP contribution in [-0.2, 0) is 11.3 Å². The first-order valence-electron chi connectivity index (χ1n) is 8.92. The van der Waals surface area contributed by atoms with Gasteiger partial charge in [-0.1, -0.05) is 30.3 Å². The zero-order chi connectivity index (χ0) is 20.0. The smallest absolute Gasteiger partial charge is 0.356 e. The number of methoxy groups -OCH3 is 1. The van der Waals surface area contributed by atoms with Gasteiger partial charge in [0.2, 0.25) is 0 Å². The first-order valence-corrected chi connectivity index (χ1v) is 8.92. The van der Waals surface area contributed by atoms with Crippen LogP contribution in [0.4, 0.5) is 0 Å². The fourth-order valence-electron chi connectivity index (χ4n) is 2.88. The molecule has 0 N–H and O–H groups in total. The summed E-state index contributed by atoms with van der Waals surface area (Å²) in [4.78, 5) is 30.9. The lowest BCUT2D eigenvalue weighted by molar-refractivity contribution is 0.0593. The minimum absolute atomic E-state index is 0.00536. The molecule has 1 aromatic heterocycles. The van der Waals surface area contributed by atoms with E-state index in [4.69, 9.17) is 9.47 Å². The van der Waals surface area contributed by atoms with E-state index >= 15 is 0 Å². The van der Waals surface area contributed by atoms with E-state index < -0.39 is 5.97 Å². The second kappa shape index (κ2) is 9.16. The Balaban J connectivity index is 2.40. The predicted molar refractivity (Wildman–Crippen MR) is 103 cm³/mol. The summed E-state index contributed by atoms with van der Waals surface area (Å²) in [6, 6.07) is 11.1. The van der Waals surface area contributed by atoms with Crippen LogP contribution in [0.1, 0.15) is 54.1 Å². The van der Waals surface area contributed by atoms with E-state index in [0.29, 0.717) is 17.9 Å². The Bertz CT molecular complexity index is 780. The molecule has 1 amide bonds. The van der Waals surface area contributed by atoms with Crippen LogP contribution >= 0.6 is 0 Å². The lowest BCUT2D eigenvalue weighted by atomic mass is 10.1. The number of hydrogen-bond acceptors (Lipinski definition) is 5. The lowest BCUT2D eigenvalue weighted by Crippen LogP contribution is -2.42. The topological polar surface area (TPSA) is 68.7 Å². The van der Waals surface area contributed by atoms with Crippen molar-refractivity contribution < 1.29 is 19.1 Å². The van der Waals surface area contributed by atoms with E-state index in [0.717, 1.165) is 5.56 Å². The second-order valence-electron chi connectivity index (χ2n) is 6.73. The maximum Gasteiger partial charge on any atom is 0.356 e. The summed E-state index contributed by atoms with van der Waals surface area (Å²) < 4.78 is 10.6. The van der Waals surface area contributed by atoms with Crippen molar-refractivity contribution in [2.45, 2.75) is 46.4 Å². The van der Waals surface area contributed by atoms with Crippen molar-refractivity contribution in [1.82, 2.24) is 9.88 Å². The second-order valence-corrected chi connectivity index (χ2v) is 6.73. The molecule has 0 bridgehead atoms. The standard InChI is InChI=1S/C21H26N2O4/c1-14(2)23(15(3)4)20(24)17-11-18(21(25)26-5)22-12-19(17)27-13-16-9-7-6-8-10-16/h6-12,14-15H,13H2,1-5H3. The third-order valence-electron chi connectivity index (χ3n) is 4.08. The van der Waals surface area contributed by atoms with Crippen molar-refractivity contribution >= 4 is 11.9 Å². The minimum Gasteiger partial charge on any atom is -0.486 e. The van der Waals surface area contributed by atoms with Crippen molar-refractivity contribution in [3.8, 4) is 5.75 Å². The molecule has 0 aliphatic rings. The summed E-state index contributed by atoms with van der Waals surface area (Å²) in [5.74, 6) is -0.474. The molecule has 6 heteroatoms. The number of pyridine rings is 1. The quantitative estimate of drug-likeness (QED) is 0.695. The fourth-order valence-corrected chi connectivity index (χ4v) is 2.88. The maximum absolute atomic E-state index is 13.2. The van der Waals surface area contributed by atoms with Gasteiger partial charge in [0.25, 0.3) is 5.91 Å². The van der Waals surface area contributed by atoms with Crippen LogP contribution < -0.4 is 4.74 Å². The van der Waals surface area contributed by atoms with Crippen LogP contribution in [0.3, 0.4) is 0 Å². The highest BCUT2D eigenvalue weighted by molar-refractivity contribution is 5.99. The van der Waals surface area contributed by atoms with Crippen molar-refractivity contribution in [1.29, 1.82) is 0 Å². The number of nitrogens with zero attached hydrogens (tertiary/aromatic N) is 2. The van der Waals surface area contributed by atoms with Crippen LogP contribution in [0.15, 0.2) is 42.6 Å². The van der Waals surface area contributed by atoms with E-state index in [1.807, 2.05) is 58.0 Å². The highest BCUT2D eigenvalue weighted by Crippen LogP contribution is 2.24. The van der Waals surface area contributed by atoms with E-state index in [9.17, 15) is 9.59 Å². The molecule has 0 saturated carbocycles. The van der Waals surface area contributed by atoms with Gasteiger partial charge in [0.15, 0.2) is 5.75 Å². The third-order valence-corrected chi connectivity index (χ3v) is 4.08. The van der Waals surface area contributed by atoms with Gasteiger partial charge >= 0.3 is 5.97 Å². The number of hydrogen-bond donors (Lipinski definition) is 0. The highest BCUT2D eigenvalue weighted by Gasteiger charge is 2.26. The summed E-state index contributed by atoms with van der Waals surface area (Å²) in [5, 5.41) is 0. The van der Waals surface area contributed by atoms with Crippen LogP contribution in [0.2, 0.25) is 0 Å². The summed E-state index contributed by atoms with van der Waals surface area (Å²) in [7, 11) is 1.28. The van der Waals surface area contributed by atoms with Crippen LogP contribution in [0.25, 0.3) is 0 Å². The fraction of sp³-hybridized carbons (Fsp3) is 0.381. The Morgan fingerprint density at radius 3 is 2.26 bits per heavy atom. The van der Waals surface area contributed by atoms with Crippen molar-refractivity contribution in [3.05, 3.63) is 59.4 Å². The molecule has 0 saturated heterocycles. The Kier molecular flexibility index (Phi) is 6.93. The average molecular weight is 370 g/mol. The molecular weight excluding hydrogens is 344 g/mol. The molecule has 27 heavy (non-hydrogen) atoms. The molecule has 2 aromatic rings. The third kappa shape index (κ3) is 5.06. The van der Waals surface area contributed by atoms with E-state index in [-0.39, 0.29) is 23.7 Å². The van der Waals surface area contributed by atoms with Crippen molar-refractivity contribution in [2.24, 2.45) is 0 Å². The molecule has 0 radical (unpaired) electrons. The highest BCUT2D eigenvalue weighted by atomic mass is 16.5. The molecule has 0 fully saturated rings. The van der Waals surface area contributed by atoms with Crippen LogP contribution in [-0.4, -0.2) is 41.0 Å². The number of aromatic nitrogens is 1. The van der Waals surface area contributed by atoms with Gasteiger partial charge < -0.3 is 14.4 Å². The maximum atomic E-state index is 13.2. The van der Waals surface area contributed by atoms with E-state index in [2.05, 4.69) is 4.98 Å². The summed E-state index contributed by atoms with van der Waals surface area (Å²) >= 11 is 0. The molecule has 144 valence electrons. The first kappa shape index (κ1) is 20.4. The SMILES string of the molecule is COC(=O)c1cc(C(=O)N(C(C)C)C(C)C)c(OCc2ccccc2)cn1. The normalized spacial score (nSPS) is 10.8. The molecule has 0 atom stereocenters. The molecule has 0 unspecified atom stereocenters. The van der Waals surface area contributed by atoms with Crippen LogP contribution in [0.5, 0.6) is 5.75 Å². The average Bonchev–Trinajstić information content (AvgIpc) is 2.65. The van der Waals surface area contributed by atoms with E-state index in [1.54, 1.807) is 4.90 Å². The number of rotatable bonds is 7. The van der Waals surface area contributed by atoms with Crippen LogP contribution in [0, 0.1) is 0 Å². The Morgan fingerprint density at radius 2 is 1.70 bits per heavy atom. The molecule has 1 aromatic carbocycles. The van der Waals surface area contributed by atoms with Gasteiger partial charge in [-0.2, -0.15) is 0 Å². The number of benzene rings is 1. The van der Waals surface area contributed by atoms with Crippen molar-refractivity contribution in [3.63, 3.8) is 0 Å². The Hall–Kier alpha value is -2.89. The molecule has 1 heterocycles. The van der Waals surface area contributed by atoms with Gasteiger partial charge in [0.1, 0.15) is 12.3 Å². The van der Waals surface area contributed by atoms with Gasteiger partial charge in [-0.25, -0.2) is 9.78 Å². The molecule has 0 spiro atoms. The van der Waals surface area contributed by atoms with Crippen molar-refractivity contribution in [2.75, 3.05) is 7.11 Å². The van der Waals surface area contributed by atoms with E-state index in [1.165, 1.54) is 19.4 Å². The van der Waals surface area contributed by atoms with Gasteiger partial charge in [-0.15, -0.1) is 0 Å². The number of carbonyl (C=O) groups is 2.